The fraction of sp³-hybridized carbons (Fsp3) is 0. The van der Waals surface area contributed by atoms with Gasteiger partial charge >= 0.3 is 0 Å². The van der Waals surface area contributed by atoms with Crippen molar-refractivity contribution >= 4 is 53.9 Å². The normalized spacial score (nSPS) is 11.1. The maximum absolute atomic E-state index is 12.1. The smallest absolute Gasteiger partial charge is 0.261 e. The number of nitrogens with one attached hydrogen (secondary N) is 1. The van der Waals surface area contributed by atoms with Crippen LogP contribution in [0.3, 0.4) is 0 Å². The molecule has 7 heteroatoms. The predicted molar refractivity (Wildman–Crippen MR) is 86.6 cm³/mol. The van der Waals surface area contributed by atoms with Gasteiger partial charge in [0.2, 0.25) is 0 Å². The van der Waals surface area contributed by atoms with Gasteiger partial charge in [-0.05, 0) is 59.0 Å². The quantitative estimate of drug-likeness (QED) is 0.610. The maximum atomic E-state index is 12.1. The highest BCUT2D eigenvalue weighted by molar-refractivity contribution is 14.1. The molecule has 0 unspecified atom stereocenters. The predicted octanol–water partition coefficient (Wildman–Crippen LogP) is 3.47. The molecule has 0 fully saturated rings. The molecule has 0 aliphatic rings. The number of hydrogen-bond acceptors (Lipinski definition) is 3. The molecule has 2 aromatic carbocycles. The third kappa shape index (κ3) is 3.71. The van der Waals surface area contributed by atoms with E-state index >= 15 is 0 Å². The third-order valence-corrected chi connectivity index (χ3v) is 4.82. The molecular formula is C13H9ClINO3S. The first-order chi connectivity index (χ1) is 9.38. The van der Waals surface area contributed by atoms with Gasteiger partial charge in [0.1, 0.15) is 0 Å². The Hall–Kier alpha value is -1.12. The molecular weight excluding hydrogens is 413 g/mol. The molecule has 0 atom stereocenters. The van der Waals surface area contributed by atoms with Gasteiger partial charge in [-0.3, -0.25) is 4.79 Å². The average molecular weight is 422 g/mol. The highest BCUT2D eigenvalue weighted by Crippen LogP contribution is 2.19. The second-order valence-corrected chi connectivity index (χ2v) is 7.62. The summed E-state index contributed by atoms with van der Waals surface area (Å²) in [6.07, 6.45) is 0. The van der Waals surface area contributed by atoms with Crippen molar-refractivity contribution in [1.29, 1.82) is 0 Å². The Labute approximate surface area is 134 Å². The number of rotatable bonds is 3. The fourth-order valence-corrected chi connectivity index (χ4v) is 2.95. The molecule has 0 radical (unpaired) electrons. The molecule has 0 saturated heterocycles. The molecule has 0 heterocycles. The minimum atomic E-state index is -3.75. The summed E-state index contributed by atoms with van der Waals surface area (Å²) < 4.78 is 23.1. The first-order valence-corrected chi connectivity index (χ1v) is 8.87. The van der Waals surface area contributed by atoms with Crippen molar-refractivity contribution in [2.45, 2.75) is 4.90 Å². The Bertz CT molecular complexity index is 744. The van der Waals surface area contributed by atoms with Crippen LogP contribution in [0.4, 0.5) is 5.69 Å². The summed E-state index contributed by atoms with van der Waals surface area (Å²) in [6, 6.07) is 12.8. The van der Waals surface area contributed by atoms with Crippen molar-refractivity contribution in [3.05, 3.63) is 57.7 Å². The van der Waals surface area contributed by atoms with E-state index in [1.165, 1.54) is 24.3 Å². The number of carbonyl (C=O) groups is 1. The molecule has 0 spiro atoms. The molecule has 0 bridgehead atoms. The number of carbonyl (C=O) groups excluding carboxylic acids is 1. The molecule has 0 aliphatic heterocycles. The van der Waals surface area contributed by atoms with Gasteiger partial charge in [-0.2, -0.15) is 0 Å². The highest BCUT2D eigenvalue weighted by Gasteiger charge is 2.11. The zero-order chi connectivity index (χ0) is 14.8. The second kappa shape index (κ2) is 6.11. The van der Waals surface area contributed by atoms with Crippen LogP contribution < -0.4 is 5.32 Å². The maximum Gasteiger partial charge on any atom is 0.261 e. The number of benzene rings is 2. The number of hydrogen-bond donors (Lipinski definition) is 1. The van der Waals surface area contributed by atoms with Crippen molar-refractivity contribution in [2.75, 3.05) is 5.32 Å². The first-order valence-electron chi connectivity index (χ1n) is 5.48. The van der Waals surface area contributed by atoms with E-state index in [0.29, 0.717) is 11.3 Å². The summed E-state index contributed by atoms with van der Waals surface area (Å²) in [5, 5.41) is 2.70. The molecule has 1 N–H and O–H groups in total. The van der Waals surface area contributed by atoms with Crippen LogP contribution in [-0.2, 0) is 9.05 Å². The number of amides is 1. The lowest BCUT2D eigenvalue weighted by Crippen LogP contribution is -2.13. The topological polar surface area (TPSA) is 63.2 Å². The van der Waals surface area contributed by atoms with Crippen LogP contribution in [0.5, 0.6) is 0 Å². The van der Waals surface area contributed by atoms with Crippen molar-refractivity contribution in [3.8, 4) is 0 Å². The molecule has 0 aliphatic carbocycles. The molecule has 2 aromatic rings. The molecule has 0 aromatic heterocycles. The van der Waals surface area contributed by atoms with Gasteiger partial charge in [0.15, 0.2) is 0 Å². The van der Waals surface area contributed by atoms with Crippen LogP contribution in [0.15, 0.2) is 53.4 Å². The van der Waals surface area contributed by atoms with Gasteiger partial charge in [0, 0.05) is 19.9 Å². The van der Waals surface area contributed by atoms with Crippen molar-refractivity contribution in [3.63, 3.8) is 0 Å². The molecule has 0 saturated carbocycles. The largest absolute Gasteiger partial charge is 0.322 e. The molecule has 4 nitrogen and oxygen atoms in total. The zero-order valence-electron chi connectivity index (χ0n) is 10.0. The van der Waals surface area contributed by atoms with Crippen LogP contribution in [0.2, 0.25) is 0 Å². The van der Waals surface area contributed by atoms with Crippen LogP contribution in [0.1, 0.15) is 10.4 Å². The molecule has 1 amide bonds. The number of halogens is 2. The lowest BCUT2D eigenvalue weighted by Gasteiger charge is -2.07. The molecule has 2 rings (SSSR count). The summed E-state index contributed by atoms with van der Waals surface area (Å²) in [6.45, 7) is 0. The van der Waals surface area contributed by atoms with Crippen LogP contribution in [-0.4, -0.2) is 14.3 Å². The summed E-state index contributed by atoms with van der Waals surface area (Å²) in [5.41, 5.74) is 1.06. The summed E-state index contributed by atoms with van der Waals surface area (Å²) >= 11 is 2.08. The first kappa shape index (κ1) is 15.3. The van der Waals surface area contributed by atoms with E-state index in [0.717, 1.165) is 3.57 Å². The Morgan fingerprint density at radius 1 is 1.05 bits per heavy atom. The minimum Gasteiger partial charge on any atom is -0.322 e. The van der Waals surface area contributed by atoms with Gasteiger partial charge in [-0.15, -0.1) is 0 Å². The van der Waals surface area contributed by atoms with Crippen LogP contribution >= 0.6 is 33.3 Å². The Kier molecular flexibility index (Phi) is 4.66. The monoisotopic (exact) mass is 421 g/mol. The molecule has 104 valence electrons. The van der Waals surface area contributed by atoms with Crippen molar-refractivity contribution < 1.29 is 13.2 Å². The fourth-order valence-electron chi connectivity index (χ4n) is 1.54. The van der Waals surface area contributed by atoms with Crippen molar-refractivity contribution in [1.82, 2.24) is 0 Å². The summed E-state index contributed by atoms with van der Waals surface area (Å²) in [4.78, 5) is 12.0. The van der Waals surface area contributed by atoms with E-state index in [-0.39, 0.29) is 10.8 Å². The van der Waals surface area contributed by atoms with Crippen LogP contribution in [0.25, 0.3) is 0 Å². The van der Waals surface area contributed by atoms with Gasteiger partial charge in [-0.1, -0.05) is 12.1 Å². The minimum absolute atomic E-state index is 0.00791. The van der Waals surface area contributed by atoms with Crippen LogP contribution in [0, 0.1) is 3.57 Å². The SMILES string of the molecule is O=C(Nc1ccc(S(=O)(=O)Cl)cc1)c1ccccc1I. The Morgan fingerprint density at radius 2 is 1.65 bits per heavy atom. The average Bonchev–Trinajstić information content (AvgIpc) is 2.38. The van der Waals surface area contributed by atoms with Crippen molar-refractivity contribution in [2.24, 2.45) is 0 Å². The standard InChI is InChI=1S/C13H9ClINO3S/c14-20(18,19)10-7-5-9(6-8-10)16-13(17)11-3-1-2-4-12(11)15/h1-8H,(H,16,17). The highest BCUT2D eigenvalue weighted by atomic mass is 127. The lowest BCUT2D eigenvalue weighted by atomic mass is 10.2. The van der Waals surface area contributed by atoms with E-state index in [2.05, 4.69) is 27.9 Å². The van der Waals surface area contributed by atoms with E-state index in [4.69, 9.17) is 10.7 Å². The Balaban J connectivity index is 2.19. The third-order valence-electron chi connectivity index (χ3n) is 2.51. The summed E-state index contributed by atoms with van der Waals surface area (Å²) in [5.74, 6) is -0.253. The van der Waals surface area contributed by atoms with E-state index in [1.807, 2.05) is 12.1 Å². The summed E-state index contributed by atoms with van der Waals surface area (Å²) in [7, 11) is 1.47. The zero-order valence-corrected chi connectivity index (χ0v) is 13.7. The van der Waals surface area contributed by atoms with E-state index < -0.39 is 9.05 Å². The van der Waals surface area contributed by atoms with Gasteiger partial charge in [0.25, 0.3) is 15.0 Å². The second-order valence-electron chi connectivity index (χ2n) is 3.90. The van der Waals surface area contributed by atoms with E-state index in [9.17, 15) is 13.2 Å². The molecule has 20 heavy (non-hydrogen) atoms. The van der Waals surface area contributed by atoms with Gasteiger partial charge in [-0.25, -0.2) is 8.42 Å². The lowest BCUT2D eigenvalue weighted by molar-refractivity contribution is 0.102. The Morgan fingerprint density at radius 3 is 2.20 bits per heavy atom. The van der Waals surface area contributed by atoms with Gasteiger partial charge in [0.05, 0.1) is 10.5 Å². The van der Waals surface area contributed by atoms with E-state index in [1.54, 1.807) is 12.1 Å². The van der Waals surface area contributed by atoms with Gasteiger partial charge < -0.3 is 5.32 Å². The number of anilines is 1.